The molecule has 2 rings (SSSR count). The van der Waals surface area contributed by atoms with E-state index >= 15 is 0 Å². The minimum atomic E-state index is -4.71. The van der Waals surface area contributed by atoms with Crippen LogP contribution in [-0.2, 0) is 6.18 Å². The standard InChI is InChI=1S/C11H8F3N3O3/c1-15-10(18)19-7-4-2-3-6(5-7)8-16-9(20-17-8)11(12,13)14/h2-5H,1H3,(H,15,18). The van der Waals surface area contributed by atoms with Gasteiger partial charge in [0.15, 0.2) is 0 Å². The third-order valence-corrected chi connectivity index (χ3v) is 2.18. The second kappa shape index (κ2) is 5.19. The zero-order valence-electron chi connectivity index (χ0n) is 10.1. The number of halogens is 3. The van der Waals surface area contributed by atoms with Crippen molar-refractivity contribution >= 4 is 6.09 Å². The average molecular weight is 287 g/mol. The summed E-state index contributed by atoms with van der Waals surface area (Å²) < 4.78 is 46.0. The van der Waals surface area contributed by atoms with Crippen LogP contribution in [0.25, 0.3) is 11.4 Å². The smallest absolute Gasteiger partial charge is 0.410 e. The molecule has 20 heavy (non-hydrogen) atoms. The third-order valence-electron chi connectivity index (χ3n) is 2.18. The SMILES string of the molecule is CNC(=O)Oc1cccc(-c2noc(C(F)(F)F)n2)c1. The Morgan fingerprint density at radius 1 is 1.40 bits per heavy atom. The van der Waals surface area contributed by atoms with Crippen LogP contribution in [0.15, 0.2) is 28.8 Å². The molecule has 1 aromatic heterocycles. The molecule has 1 N–H and O–H groups in total. The number of carbonyl (C=O) groups excluding carboxylic acids is 1. The number of rotatable bonds is 2. The van der Waals surface area contributed by atoms with E-state index in [0.717, 1.165) is 0 Å². The van der Waals surface area contributed by atoms with Crippen LogP contribution in [0, 0.1) is 0 Å². The van der Waals surface area contributed by atoms with Crippen LogP contribution in [0.5, 0.6) is 5.75 Å². The second-order valence-corrected chi connectivity index (χ2v) is 3.59. The fourth-order valence-corrected chi connectivity index (χ4v) is 1.31. The zero-order chi connectivity index (χ0) is 14.8. The van der Waals surface area contributed by atoms with Gasteiger partial charge in [0.25, 0.3) is 0 Å². The Labute approximate surface area is 110 Å². The summed E-state index contributed by atoms with van der Waals surface area (Å²) in [7, 11) is 1.38. The summed E-state index contributed by atoms with van der Waals surface area (Å²) in [5, 5.41) is 5.47. The number of carbonyl (C=O) groups is 1. The summed E-state index contributed by atoms with van der Waals surface area (Å²) in [6.45, 7) is 0. The van der Waals surface area contributed by atoms with E-state index in [-0.39, 0.29) is 17.1 Å². The highest BCUT2D eigenvalue weighted by Gasteiger charge is 2.38. The maximum absolute atomic E-state index is 12.3. The van der Waals surface area contributed by atoms with E-state index in [9.17, 15) is 18.0 Å². The molecule has 1 amide bonds. The Morgan fingerprint density at radius 3 is 2.75 bits per heavy atom. The van der Waals surface area contributed by atoms with Crippen LogP contribution in [-0.4, -0.2) is 23.3 Å². The Kier molecular flexibility index (Phi) is 3.59. The highest BCUT2D eigenvalue weighted by atomic mass is 19.4. The van der Waals surface area contributed by atoms with Gasteiger partial charge in [0.05, 0.1) is 0 Å². The predicted molar refractivity (Wildman–Crippen MR) is 59.8 cm³/mol. The van der Waals surface area contributed by atoms with Crippen LogP contribution in [0.4, 0.5) is 18.0 Å². The largest absolute Gasteiger partial charge is 0.471 e. The van der Waals surface area contributed by atoms with Crippen LogP contribution >= 0.6 is 0 Å². The maximum Gasteiger partial charge on any atom is 0.471 e. The Bertz CT molecular complexity index is 625. The van der Waals surface area contributed by atoms with E-state index in [4.69, 9.17) is 4.74 Å². The van der Waals surface area contributed by atoms with Crippen molar-refractivity contribution in [2.45, 2.75) is 6.18 Å². The average Bonchev–Trinajstić information content (AvgIpc) is 2.88. The molecular weight excluding hydrogens is 279 g/mol. The lowest BCUT2D eigenvalue weighted by Gasteiger charge is -2.03. The van der Waals surface area contributed by atoms with E-state index in [1.165, 1.54) is 31.3 Å². The molecule has 0 spiro atoms. The normalized spacial score (nSPS) is 11.2. The van der Waals surface area contributed by atoms with Crippen molar-refractivity contribution in [2.75, 3.05) is 7.05 Å². The molecule has 0 aliphatic carbocycles. The quantitative estimate of drug-likeness (QED) is 0.918. The predicted octanol–water partition coefficient (Wildman–Crippen LogP) is 2.47. The fourth-order valence-electron chi connectivity index (χ4n) is 1.31. The Balaban J connectivity index is 2.27. The number of hydrogen-bond donors (Lipinski definition) is 1. The molecule has 6 nitrogen and oxygen atoms in total. The van der Waals surface area contributed by atoms with Gasteiger partial charge in [0.2, 0.25) is 5.82 Å². The van der Waals surface area contributed by atoms with Gasteiger partial charge in [-0.3, -0.25) is 0 Å². The van der Waals surface area contributed by atoms with Crippen LogP contribution < -0.4 is 10.1 Å². The number of amides is 1. The van der Waals surface area contributed by atoms with E-state index < -0.39 is 18.2 Å². The molecule has 0 bridgehead atoms. The lowest BCUT2D eigenvalue weighted by atomic mass is 10.2. The summed E-state index contributed by atoms with van der Waals surface area (Å²) in [6, 6.07) is 5.72. The summed E-state index contributed by atoms with van der Waals surface area (Å²) in [4.78, 5) is 14.3. The Morgan fingerprint density at radius 2 is 2.15 bits per heavy atom. The van der Waals surface area contributed by atoms with Crippen molar-refractivity contribution in [3.63, 3.8) is 0 Å². The van der Waals surface area contributed by atoms with Crippen LogP contribution in [0.3, 0.4) is 0 Å². The number of nitrogens with zero attached hydrogens (tertiary/aromatic N) is 2. The van der Waals surface area contributed by atoms with Crippen molar-refractivity contribution in [1.29, 1.82) is 0 Å². The molecule has 0 atom stereocenters. The third kappa shape index (κ3) is 3.05. The minimum Gasteiger partial charge on any atom is -0.410 e. The van der Waals surface area contributed by atoms with E-state index in [1.807, 2.05) is 0 Å². The first kappa shape index (κ1) is 13.8. The van der Waals surface area contributed by atoms with Crippen LogP contribution in [0.1, 0.15) is 5.89 Å². The monoisotopic (exact) mass is 287 g/mol. The molecule has 0 saturated carbocycles. The number of alkyl halides is 3. The minimum absolute atomic E-state index is 0.139. The van der Waals surface area contributed by atoms with Crippen molar-refractivity contribution in [3.05, 3.63) is 30.2 Å². The molecule has 9 heteroatoms. The highest BCUT2D eigenvalue weighted by molar-refractivity contribution is 5.70. The molecule has 1 aromatic carbocycles. The molecule has 0 radical (unpaired) electrons. The van der Waals surface area contributed by atoms with Gasteiger partial charge in [-0.15, -0.1) is 0 Å². The van der Waals surface area contributed by atoms with E-state index in [1.54, 1.807) is 0 Å². The van der Waals surface area contributed by atoms with Gasteiger partial charge in [-0.05, 0) is 12.1 Å². The van der Waals surface area contributed by atoms with E-state index in [0.29, 0.717) is 0 Å². The first-order chi connectivity index (χ1) is 9.40. The number of benzene rings is 1. The molecule has 106 valence electrons. The molecule has 2 aromatic rings. The lowest BCUT2D eigenvalue weighted by Crippen LogP contribution is -2.21. The van der Waals surface area contributed by atoms with Crippen LogP contribution in [0.2, 0.25) is 0 Å². The topological polar surface area (TPSA) is 77.2 Å². The highest BCUT2D eigenvalue weighted by Crippen LogP contribution is 2.30. The molecule has 0 unspecified atom stereocenters. The summed E-state index contributed by atoms with van der Waals surface area (Å²) in [6.07, 6.45) is -5.41. The molecule has 0 aliphatic heterocycles. The number of aromatic nitrogens is 2. The van der Waals surface area contributed by atoms with Gasteiger partial charge in [-0.25, -0.2) is 4.79 Å². The first-order valence-corrected chi connectivity index (χ1v) is 5.31. The Hall–Kier alpha value is -2.58. The summed E-state index contributed by atoms with van der Waals surface area (Å²) >= 11 is 0. The summed E-state index contributed by atoms with van der Waals surface area (Å²) in [5.74, 6) is -1.55. The van der Waals surface area contributed by atoms with Gasteiger partial charge < -0.3 is 14.6 Å². The van der Waals surface area contributed by atoms with Crippen molar-refractivity contribution in [1.82, 2.24) is 15.5 Å². The van der Waals surface area contributed by atoms with Gasteiger partial charge in [-0.2, -0.15) is 18.2 Å². The summed E-state index contributed by atoms with van der Waals surface area (Å²) in [5.41, 5.74) is 0.227. The van der Waals surface area contributed by atoms with E-state index in [2.05, 4.69) is 20.0 Å². The number of nitrogens with one attached hydrogen (secondary N) is 1. The molecular formula is C11H8F3N3O3. The zero-order valence-corrected chi connectivity index (χ0v) is 10.1. The van der Waals surface area contributed by atoms with Gasteiger partial charge in [0.1, 0.15) is 5.75 Å². The van der Waals surface area contributed by atoms with Gasteiger partial charge >= 0.3 is 18.2 Å². The van der Waals surface area contributed by atoms with Gasteiger partial charge in [0, 0.05) is 12.6 Å². The molecule has 1 heterocycles. The maximum atomic E-state index is 12.3. The fraction of sp³-hybridized carbons (Fsp3) is 0.182. The first-order valence-electron chi connectivity index (χ1n) is 5.31. The number of hydrogen-bond acceptors (Lipinski definition) is 5. The van der Waals surface area contributed by atoms with Crippen molar-refractivity contribution in [3.8, 4) is 17.1 Å². The molecule has 0 fully saturated rings. The second-order valence-electron chi connectivity index (χ2n) is 3.59. The van der Waals surface area contributed by atoms with Crippen molar-refractivity contribution in [2.24, 2.45) is 0 Å². The number of ether oxygens (including phenoxy) is 1. The lowest BCUT2D eigenvalue weighted by molar-refractivity contribution is -0.159. The van der Waals surface area contributed by atoms with Gasteiger partial charge in [-0.1, -0.05) is 17.3 Å². The molecule has 0 saturated heterocycles. The molecule has 0 aliphatic rings. The van der Waals surface area contributed by atoms with Crippen molar-refractivity contribution < 1.29 is 27.2 Å².